The van der Waals surface area contributed by atoms with Crippen LogP contribution in [0.2, 0.25) is 5.15 Å². The number of rotatable bonds is 5. The number of aryl methyl sites for hydroxylation is 2. The third-order valence-electron chi connectivity index (χ3n) is 2.86. The van der Waals surface area contributed by atoms with E-state index in [1.165, 1.54) is 11.8 Å². The molecule has 2 rings (SSSR count). The van der Waals surface area contributed by atoms with Crippen LogP contribution < -0.4 is 0 Å². The van der Waals surface area contributed by atoms with Gasteiger partial charge in [0.15, 0.2) is 0 Å². The number of nitrogens with zero attached hydrogens (tertiary/aromatic N) is 2. The summed E-state index contributed by atoms with van der Waals surface area (Å²) in [5.41, 5.74) is 1.65. The molecule has 0 N–H and O–H groups in total. The Hall–Kier alpha value is -0.780. The Labute approximate surface area is 135 Å². The van der Waals surface area contributed by atoms with Crippen molar-refractivity contribution < 1.29 is 4.79 Å². The average molecular weight is 374 g/mol. The minimum atomic E-state index is 0.149. The Morgan fingerprint density at radius 3 is 2.60 bits per heavy atom. The lowest BCUT2D eigenvalue weighted by molar-refractivity contribution is -0.116. The maximum absolute atomic E-state index is 12.0. The zero-order chi connectivity index (χ0) is 14.7. The number of benzene rings is 1. The number of hydrogen-bond acceptors (Lipinski definition) is 3. The molecule has 0 unspecified atom stereocenters. The Morgan fingerprint density at radius 1 is 1.40 bits per heavy atom. The summed E-state index contributed by atoms with van der Waals surface area (Å²) in [6.07, 6.45) is 0.335. The van der Waals surface area contributed by atoms with Crippen molar-refractivity contribution in [1.29, 1.82) is 0 Å². The van der Waals surface area contributed by atoms with Gasteiger partial charge in [0.1, 0.15) is 10.9 Å². The molecule has 0 aliphatic rings. The fourth-order valence-corrected chi connectivity index (χ4v) is 3.08. The van der Waals surface area contributed by atoms with Crippen LogP contribution in [0.5, 0.6) is 0 Å². The molecule has 0 saturated carbocycles. The van der Waals surface area contributed by atoms with Gasteiger partial charge in [-0.05, 0) is 31.2 Å². The predicted molar refractivity (Wildman–Crippen MR) is 86.5 cm³/mol. The predicted octanol–water partition coefficient (Wildman–Crippen LogP) is 4.05. The number of aromatic nitrogens is 2. The van der Waals surface area contributed by atoms with Gasteiger partial charge in [-0.25, -0.2) is 0 Å². The zero-order valence-corrected chi connectivity index (χ0v) is 14.3. The molecule has 106 valence electrons. The first-order chi connectivity index (χ1) is 9.47. The van der Waals surface area contributed by atoms with Gasteiger partial charge in [0, 0.05) is 28.4 Å². The van der Waals surface area contributed by atoms with E-state index in [0.717, 1.165) is 20.6 Å². The SMILES string of the molecule is Cc1nn(C)c(Cl)c1CC(=O)CSc1ccc(Br)cc1. The first-order valence-corrected chi connectivity index (χ1v) is 8.21. The van der Waals surface area contributed by atoms with E-state index in [4.69, 9.17) is 11.6 Å². The standard InChI is InChI=1S/C14H14BrClN2OS/c1-9-13(14(16)18(2)17-9)7-11(19)8-20-12-5-3-10(15)4-6-12/h3-6H,7-8H2,1-2H3. The zero-order valence-electron chi connectivity index (χ0n) is 11.2. The molecule has 1 heterocycles. The van der Waals surface area contributed by atoms with Crippen LogP contribution in [0.1, 0.15) is 11.3 Å². The summed E-state index contributed by atoms with van der Waals surface area (Å²) in [5, 5.41) is 4.76. The normalized spacial score (nSPS) is 10.8. The van der Waals surface area contributed by atoms with Gasteiger partial charge in [-0.1, -0.05) is 27.5 Å². The number of thioether (sulfide) groups is 1. The third kappa shape index (κ3) is 3.87. The van der Waals surface area contributed by atoms with Crippen molar-refractivity contribution in [3.8, 4) is 0 Å². The third-order valence-corrected chi connectivity index (χ3v) is 4.93. The van der Waals surface area contributed by atoms with Crippen LogP contribution in [-0.2, 0) is 18.3 Å². The molecule has 0 spiro atoms. The Balaban J connectivity index is 1.94. The van der Waals surface area contributed by atoms with E-state index in [-0.39, 0.29) is 5.78 Å². The number of hydrogen-bond donors (Lipinski definition) is 0. The molecule has 0 radical (unpaired) electrons. The molecule has 0 amide bonds. The molecule has 0 fully saturated rings. The number of Topliss-reactive ketones (excluding diaryl/α,β-unsaturated/α-hetero) is 1. The van der Waals surface area contributed by atoms with E-state index < -0.39 is 0 Å². The van der Waals surface area contributed by atoms with Crippen LogP contribution in [0.4, 0.5) is 0 Å². The van der Waals surface area contributed by atoms with Crippen LogP contribution in [0.15, 0.2) is 33.6 Å². The summed E-state index contributed by atoms with van der Waals surface area (Å²) in [6, 6.07) is 7.92. The highest BCUT2D eigenvalue weighted by Gasteiger charge is 2.15. The van der Waals surface area contributed by atoms with Gasteiger partial charge in [0.2, 0.25) is 0 Å². The molecular weight excluding hydrogens is 360 g/mol. The summed E-state index contributed by atoms with van der Waals surface area (Å²) in [5.74, 6) is 0.586. The lowest BCUT2D eigenvalue weighted by atomic mass is 10.1. The minimum Gasteiger partial charge on any atom is -0.298 e. The maximum atomic E-state index is 12.0. The number of ketones is 1. The van der Waals surface area contributed by atoms with Crippen molar-refractivity contribution in [2.45, 2.75) is 18.2 Å². The van der Waals surface area contributed by atoms with E-state index >= 15 is 0 Å². The summed E-state index contributed by atoms with van der Waals surface area (Å²) < 4.78 is 2.63. The molecular formula is C14H14BrClN2OS. The van der Waals surface area contributed by atoms with Gasteiger partial charge >= 0.3 is 0 Å². The Kier molecular flexibility index (Phi) is 5.29. The molecule has 1 aromatic heterocycles. The van der Waals surface area contributed by atoms with Crippen LogP contribution in [0, 0.1) is 6.92 Å². The topological polar surface area (TPSA) is 34.9 Å². The largest absolute Gasteiger partial charge is 0.298 e. The number of halogens is 2. The lowest BCUT2D eigenvalue weighted by Crippen LogP contribution is -2.06. The van der Waals surface area contributed by atoms with Gasteiger partial charge in [0.05, 0.1) is 11.4 Å². The molecule has 0 bridgehead atoms. The molecule has 1 aromatic carbocycles. The molecule has 0 aliphatic heterocycles. The van der Waals surface area contributed by atoms with Crippen molar-refractivity contribution in [1.82, 2.24) is 9.78 Å². The van der Waals surface area contributed by atoms with Crippen LogP contribution in [0.3, 0.4) is 0 Å². The maximum Gasteiger partial charge on any atom is 0.147 e. The first kappa shape index (κ1) is 15.6. The Morgan fingerprint density at radius 2 is 2.05 bits per heavy atom. The summed E-state index contributed by atoms with van der Waals surface area (Å²) >= 11 is 11.1. The van der Waals surface area contributed by atoms with Crippen molar-refractivity contribution in [3.63, 3.8) is 0 Å². The number of carbonyl (C=O) groups excluding carboxylic acids is 1. The van der Waals surface area contributed by atoms with E-state index in [0.29, 0.717) is 17.3 Å². The summed E-state index contributed by atoms with van der Waals surface area (Å²) in [7, 11) is 1.78. The van der Waals surface area contributed by atoms with E-state index in [1.807, 2.05) is 31.2 Å². The average Bonchev–Trinajstić information content (AvgIpc) is 2.65. The van der Waals surface area contributed by atoms with Crippen LogP contribution in [-0.4, -0.2) is 21.3 Å². The quantitative estimate of drug-likeness (QED) is 0.742. The molecule has 0 saturated heterocycles. The molecule has 6 heteroatoms. The Bertz CT molecular complexity index is 625. The molecule has 0 aliphatic carbocycles. The second kappa shape index (κ2) is 6.78. The summed E-state index contributed by atoms with van der Waals surface area (Å²) in [6.45, 7) is 1.87. The highest BCUT2D eigenvalue weighted by Crippen LogP contribution is 2.23. The van der Waals surface area contributed by atoms with E-state index in [2.05, 4.69) is 21.0 Å². The summed E-state index contributed by atoms with van der Waals surface area (Å²) in [4.78, 5) is 13.1. The van der Waals surface area contributed by atoms with Crippen molar-refractivity contribution in [3.05, 3.63) is 45.1 Å². The number of carbonyl (C=O) groups is 1. The van der Waals surface area contributed by atoms with Gasteiger partial charge in [0.25, 0.3) is 0 Å². The van der Waals surface area contributed by atoms with E-state index in [9.17, 15) is 4.79 Å². The van der Waals surface area contributed by atoms with Crippen LogP contribution >= 0.6 is 39.3 Å². The smallest absolute Gasteiger partial charge is 0.147 e. The fourth-order valence-electron chi connectivity index (χ4n) is 1.82. The minimum absolute atomic E-state index is 0.149. The second-order valence-electron chi connectivity index (χ2n) is 4.44. The van der Waals surface area contributed by atoms with Gasteiger partial charge in [-0.3, -0.25) is 9.48 Å². The molecule has 0 atom stereocenters. The highest BCUT2D eigenvalue weighted by molar-refractivity contribution is 9.10. The van der Waals surface area contributed by atoms with Gasteiger partial charge < -0.3 is 0 Å². The molecule has 20 heavy (non-hydrogen) atoms. The van der Waals surface area contributed by atoms with Gasteiger partial charge in [-0.2, -0.15) is 5.10 Å². The van der Waals surface area contributed by atoms with E-state index in [1.54, 1.807) is 11.7 Å². The fraction of sp³-hybridized carbons (Fsp3) is 0.286. The van der Waals surface area contributed by atoms with Crippen molar-refractivity contribution in [2.24, 2.45) is 7.05 Å². The van der Waals surface area contributed by atoms with Gasteiger partial charge in [-0.15, -0.1) is 11.8 Å². The van der Waals surface area contributed by atoms with Crippen LogP contribution in [0.25, 0.3) is 0 Å². The molecule has 2 aromatic rings. The highest BCUT2D eigenvalue weighted by atomic mass is 79.9. The van der Waals surface area contributed by atoms with Crippen molar-refractivity contribution in [2.75, 3.05) is 5.75 Å². The first-order valence-electron chi connectivity index (χ1n) is 6.05. The monoisotopic (exact) mass is 372 g/mol. The second-order valence-corrected chi connectivity index (χ2v) is 6.76. The van der Waals surface area contributed by atoms with Crippen molar-refractivity contribution >= 4 is 45.1 Å². The molecule has 3 nitrogen and oxygen atoms in total. The lowest BCUT2D eigenvalue weighted by Gasteiger charge is -2.02.